The maximum Gasteiger partial charge on any atom is 0.325 e. The van der Waals surface area contributed by atoms with Crippen molar-refractivity contribution in [1.29, 1.82) is 0 Å². The molecule has 1 unspecified atom stereocenters. The molecular formula is C21H22FN3O5S. The van der Waals surface area contributed by atoms with E-state index in [9.17, 15) is 23.6 Å². The quantitative estimate of drug-likeness (QED) is 0.509. The Labute approximate surface area is 182 Å². The van der Waals surface area contributed by atoms with Gasteiger partial charge in [-0.05, 0) is 55.5 Å². The summed E-state index contributed by atoms with van der Waals surface area (Å²) in [5.74, 6) is -1.96. The fourth-order valence-corrected chi connectivity index (χ4v) is 2.97. The van der Waals surface area contributed by atoms with Gasteiger partial charge in [0, 0.05) is 16.9 Å². The van der Waals surface area contributed by atoms with Gasteiger partial charge in [-0.25, -0.2) is 4.39 Å². The van der Waals surface area contributed by atoms with E-state index in [1.807, 2.05) is 0 Å². The molecule has 0 radical (unpaired) electrons. The zero-order valence-electron chi connectivity index (χ0n) is 16.9. The summed E-state index contributed by atoms with van der Waals surface area (Å²) in [6, 6.07) is 11.5. The van der Waals surface area contributed by atoms with Gasteiger partial charge in [0.25, 0.3) is 5.91 Å². The Bertz CT molecular complexity index is 935. The minimum atomic E-state index is -0.560. The summed E-state index contributed by atoms with van der Waals surface area (Å²) in [4.78, 5) is 47.3. The maximum absolute atomic E-state index is 12.9. The third-order valence-corrected chi connectivity index (χ3v) is 5.14. The van der Waals surface area contributed by atoms with E-state index in [1.165, 1.54) is 43.5 Å². The number of nitrogens with one attached hydrogen (secondary N) is 3. The second kappa shape index (κ2) is 11.7. The third-order valence-electron chi connectivity index (χ3n) is 4.00. The van der Waals surface area contributed by atoms with Crippen molar-refractivity contribution < 1.29 is 28.3 Å². The predicted octanol–water partition coefficient (Wildman–Crippen LogP) is 2.43. The number of hydrogen-bond acceptors (Lipinski definition) is 6. The van der Waals surface area contributed by atoms with Crippen LogP contribution in [0, 0.1) is 5.82 Å². The molecule has 3 N–H and O–H groups in total. The van der Waals surface area contributed by atoms with Crippen LogP contribution in [0.3, 0.4) is 0 Å². The summed E-state index contributed by atoms with van der Waals surface area (Å²) < 4.78 is 17.3. The van der Waals surface area contributed by atoms with E-state index in [1.54, 1.807) is 19.1 Å². The van der Waals surface area contributed by atoms with Crippen molar-refractivity contribution >= 4 is 46.8 Å². The van der Waals surface area contributed by atoms with Gasteiger partial charge < -0.3 is 20.7 Å². The third kappa shape index (κ3) is 8.09. The Balaban J connectivity index is 1.78. The summed E-state index contributed by atoms with van der Waals surface area (Å²) in [6.07, 6.45) is 0. The fourth-order valence-electron chi connectivity index (χ4n) is 2.28. The van der Waals surface area contributed by atoms with Crippen LogP contribution in [-0.2, 0) is 19.1 Å². The molecule has 164 valence electrons. The van der Waals surface area contributed by atoms with Crippen LogP contribution in [0.1, 0.15) is 17.3 Å². The van der Waals surface area contributed by atoms with Crippen molar-refractivity contribution in [1.82, 2.24) is 5.32 Å². The summed E-state index contributed by atoms with van der Waals surface area (Å²) in [7, 11) is 1.23. The number of benzene rings is 2. The zero-order valence-corrected chi connectivity index (χ0v) is 17.8. The van der Waals surface area contributed by atoms with Crippen molar-refractivity contribution in [2.75, 3.05) is 30.0 Å². The molecule has 0 heterocycles. The SMILES string of the molecule is COC(=O)CNC(=O)c1ccc(NC(=O)C(C)SCC(=O)Nc2ccc(F)cc2)cc1. The van der Waals surface area contributed by atoms with Gasteiger partial charge in [0.05, 0.1) is 18.1 Å². The number of carbonyl (C=O) groups is 4. The smallest absolute Gasteiger partial charge is 0.325 e. The molecule has 31 heavy (non-hydrogen) atoms. The minimum Gasteiger partial charge on any atom is -0.468 e. The van der Waals surface area contributed by atoms with Gasteiger partial charge in [0.2, 0.25) is 11.8 Å². The van der Waals surface area contributed by atoms with Crippen molar-refractivity contribution in [2.24, 2.45) is 0 Å². The molecular weight excluding hydrogens is 425 g/mol. The van der Waals surface area contributed by atoms with E-state index in [0.29, 0.717) is 16.9 Å². The summed E-state index contributed by atoms with van der Waals surface area (Å²) in [5.41, 5.74) is 1.28. The monoisotopic (exact) mass is 447 g/mol. The number of rotatable bonds is 9. The van der Waals surface area contributed by atoms with Crippen molar-refractivity contribution in [3.05, 3.63) is 59.9 Å². The standard InChI is InChI=1S/C21H22FN3O5S/c1-13(31-12-18(26)24-16-9-5-15(22)6-10-16)20(28)25-17-7-3-14(4-8-17)21(29)23-11-19(27)30-2/h3-10,13H,11-12H2,1-2H3,(H,23,29)(H,24,26)(H,25,28). The first kappa shape index (κ1) is 23.9. The van der Waals surface area contributed by atoms with Crippen LogP contribution in [-0.4, -0.2) is 48.3 Å². The lowest BCUT2D eigenvalue weighted by Crippen LogP contribution is -2.30. The molecule has 0 bridgehead atoms. The van der Waals surface area contributed by atoms with E-state index in [2.05, 4.69) is 20.7 Å². The van der Waals surface area contributed by atoms with Crippen LogP contribution >= 0.6 is 11.8 Å². The van der Waals surface area contributed by atoms with E-state index in [4.69, 9.17) is 0 Å². The number of thioether (sulfide) groups is 1. The largest absolute Gasteiger partial charge is 0.468 e. The lowest BCUT2D eigenvalue weighted by Gasteiger charge is -2.12. The molecule has 0 saturated heterocycles. The Morgan fingerprint density at radius 2 is 1.55 bits per heavy atom. The highest BCUT2D eigenvalue weighted by atomic mass is 32.2. The molecule has 0 aliphatic carbocycles. The maximum atomic E-state index is 12.9. The molecule has 0 aliphatic heterocycles. The number of anilines is 2. The molecule has 0 aromatic heterocycles. The summed E-state index contributed by atoms with van der Waals surface area (Å²) in [5, 5.41) is 7.24. The van der Waals surface area contributed by atoms with Gasteiger partial charge in [-0.15, -0.1) is 11.8 Å². The molecule has 8 nitrogen and oxygen atoms in total. The van der Waals surface area contributed by atoms with Crippen molar-refractivity contribution in [3.63, 3.8) is 0 Å². The Kier molecular flexibility index (Phi) is 9.01. The van der Waals surface area contributed by atoms with Crippen molar-refractivity contribution in [3.8, 4) is 0 Å². The number of amides is 3. The second-order valence-corrected chi connectivity index (χ2v) is 7.66. The van der Waals surface area contributed by atoms with Crippen LogP contribution in [0.2, 0.25) is 0 Å². The van der Waals surface area contributed by atoms with E-state index >= 15 is 0 Å². The summed E-state index contributed by atoms with van der Waals surface area (Å²) >= 11 is 1.15. The predicted molar refractivity (Wildman–Crippen MR) is 116 cm³/mol. The first-order valence-corrected chi connectivity index (χ1v) is 10.3. The van der Waals surface area contributed by atoms with Crippen LogP contribution in [0.4, 0.5) is 15.8 Å². The topological polar surface area (TPSA) is 114 Å². The molecule has 1 atom stereocenters. The molecule has 2 aromatic carbocycles. The molecule has 3 amide bonds. The van der Waals surface area contributed by atoms with Gasteiger partial charge in [0.15, 0.2) is 0 Å². The second-order valence-electron chi connectivity index (χ2n) is 6.33. The van der Waals surface area contributed by atoms with Gasteiger partial charge in [-0.2, -0.15) is 0 Å². The molecule has 0 aliphatic rings. The number of hydrogen-bond donors (Lipinski definition) is 3. The van der Waals surface area contributed by atoms with Gasteiger partial charge >= 0.3 is 5.97 Å². The number of methoxy groups -OCH3 is 1. The molecule has 2 aromatic rings. The summed E-state index contributed by atoms with van der Waals surface area (Å²) in [6.45, 7) is 1.43. The van der Waals surface area contributed by atoms with Crippen LogP contribution in [0.25, 0.3) is 0 Å². The van der Waals surface area contributed by atoms with E-state index < -0.39 is 22.9 Å². The number of carbonyl (C=O) groups excluding carboxylic acids is 4. The number of halogens is 1. The Hall–Kier alpha value is -3.40. The first-order valence-electron chi connectivity index (χ1n) is 9.21. The highest BCUT2D eigenvalue weighted by Crippen LogP contribution is 2.16. The van der Waals surface area contributed by atoms with Crippen LogP contribution in [0.5, 0.6) is 0 Å². The van der Waals surface area contributed by atoms with E-state index in [-0.39, 0.29) is 24.1 Å². The highest BCUT2D eigenvalue weighted by Gasteiger charge is 2.16. The molecule has 0 saturated carbocycles. The van der Waals surface area contributed by atoms with E-state index in [0.717, 1.165) is 11.8 Å². The molecule has 0 spiro atoms. The van der Waals surface area contributed by atoms with Gasteiger partial charge in [0.1, 0.15) is 12.4 Å². The van der Waals surface area contributed by atoms with Crippen molar-refractivity contribution in [2.45, 2.75) is 12.2 Å². The van der Waals surface area contributed by atoms with Gasteiger partial charge in [-0.1, -0.05) is 0 Å². The normalized spacial score (nSPS) is 11.2. The highest BCUT2D eigenvalue weighted by molar-refractivity contribution is 8.01. The zero-order chi connectivity index (χ0) is 22.8. The Morgan fingerprint density at radius 1 is 0.968 bits per heavy atom. The van der Waals surface area contributed by atoms with Crippen LogP contribution < -0.4 is 16.0 Å². The number of ether oxygens (including phenoxy) is 1. The number of esters is 1. The first-order chi connectivity index (χ1) is 14.8. The van der Waals surface area contributed by atoms with Gasteiger partial charge in [-0.3, -0.25) is 19.2 Å². The molecule has 0 fully saturated rings. The fraction of sp³-hybridized carbons (Fsp3) is 0.238. The minimum absolute atomic E-state index is 0.0469. The lowest BCUT2D eigenvalue weighted by atomic mass is 10.2. The lowest BCUT2D eigenvalue weighted by molar-refractivity contribution is -0.139. The Morgan fingerprint density at radius 3 is 2.16 bits per heavy atom. The van der Waals surface area contributed by atoms with Crippen LogP contribution in [0.15, 0.2) is 48.5 Å². The average Bonchev–Trinajstić information content (AvgIpc) is 2.77. The average molecular weight is 447 g/mol. The molecule has 2 rings (SSSR count). The molecule has 10 heteroatoms.